The Kier molecular flexibility index (Phi) is 6.72. The van der Waals surface area contributed by atoms with Crippen molar-refractivity contribution in [3.8, 4) is 5.75 Å². The standard InChI is InChI=1S/C16H22N2O7/c1-11(19)23-8-9-24-12-6-7-13(18(21)22)14(10-12)17(5)15(20)25-16(2,3)4/h6-7,10H,8-9H2,1-5H3. The third-order valence-electron chi connectivity index (χ3n) is 2.83. The van der Waals surface area contributed by atoms with Crippen molar-refractivity contribution in [3.05, 3.63) is 28.3 Å². The predicted molar refractivity (Wildman–Crippen MR) is 89.9 cm³/mol. The number of nitro groups is 1. The van der Waals surface area contributed by atoms with Crippen LogP contribution in [0, 0.1) is 10.1 Å². The monoisotopic (exact) mass is 354 g/mol. The molecule has 1 rings (SSSR count). The number of esters is 1. The molecule has 0 unspecified atom stereocenters. The van der Waals surface area contributed by atoms with E-state index in [9.17, 15) is 19.7 Å². The fraction of sp³-hybridized carbons (Fsp3) is 0.500. The molecule has 0 aliphatic heterocycles. The van der Waals surface area contributed by atoms with Gasteiger partial charge in [0.25, 0.3) is 5.69 Å². The highest BCUT2D eigenvalue weighted by Crippen LogP contribution is 2.32. The third kappa shape index (κ3) is 6.66. The summed E-state index contributed by atoms with van der Waals surface area (Å²) in [4.78, 5) is 34.5. The van der Waals surface area contributed by atoms with E-state index in [0.717, 1.165) is 4.90 Å². The van der Waals surface area contributed by atoms with Gasteiger partial charge in [-0.1, -0.05) is 0 Å². The van der Waals surface area contributed by atoms with Gasteiger partial charge in [0, 0.05) is 26.1 Å². The van der Waals surface area contributed by atoms with E-state index in [1.807, 2.05) is 0 Å². The van der Waals surface area contributed by atoms with Crippen LogP contribution in [-0.2, 0) is 14.3 Å². The number of hydrogen-bond acceptors (Lipinski definition) is 7. The SMILES string of the molecule is CC(=O)OCCOc1ccc([N+](=O)[O-])c(N(C)C(=O)OC(C)(C)C)c1. The molecule has 1 aromatic rings. The van der Waals surface area contributed by atoms with Gasteiger partial charge < -0.3 is 14.2 Å². The Labute approximate surface area is 145 Å². The van der Waals surface area contributed by atoms with Gasteiger partial charge in [-0.25, -0.2) is 4.79 Å². The number of carbonyl (C=O) groups is 2. The van der Waals surface area contributed by atoms with Crippen LogP contribution in [0.4, 0.5) is 16.2 Å². The highest BCUT2D eigenvalue weighted by Gasteiger charge is 2.26. The molecule has 0 aromatic heterocycles. The highest BCUT2D eigenvalue weighted by atomic mass is 16.6. The number of rotatable bonds is 6. The first-order valence-corrected chi connectivity index (χ1v) is 7.52. The van der Waals surface area contributed by atoms with Crippen LogP contribution in [0.3, 0.4) is 0 Å². The van der Waals surface area contributed by atoms with Gasteiger partial charge in [0.15, 0.2) is 0 Å². The molecule has 9 heteroatoms. The molecule has 0 aliphatic carbocycles. The molecule has 0 radical (unpaired) electrons. The highest BCUT2D eigenvalue weighted by molar-refractivity contribution is 5.90. The fourth-order valence-corrected chi connectivity index (χ4v) is 1.79. The quantitative estimate of drug-likeness (QED) is 0.334. The Morgan fingerprint density at radius 2 is 1.88 bits per heavy atom. The lowest BCUT2D eigenvalue weighted by atomic mass is 10.2. The lowest BCUT2D eigenvalue weighted by molar-refractivity contribution is -0.384. The average molecular weight is 354 g/mol. The summed E-state index contributed by atoms with van der Waals surface area (Å²) in [7, 11) is 1.37. The second kappa shape index (κ2) is 8.32. The summed E-state index contributed by atoms with van der Waals surface area (Å²) >= 11 is 0. The minimum atomic E-state index is -0.738. The van der Waals surface area contributed by atoms with Gasteiger partial charge in [-0.05, 0) is 26.8 Å². The summed E-state index contributed by atoms with van der Waals surface area (Å²) < 4.78 is 15.3. The lowest BCUT2D eigenvalue weighted by Crippen LogP contribution is -2.34. The number of hydrogen-bond donors (Lipinski definition) is 0. The Hall–Kier alpha value is -2.84. The molecule has 1 amide bonds. The fourth-order valence-electron chi connectivity index (χ4n) is 1.79. The molecule has 9 nitrogen and oxygen atoms in total. The maximum Gasteiger partial charge on any atom is 0.414 e. The summed E-state index contributed by atoms with van der Waals surface area (Å²) in [5, 5.41) is 11.2. The first kappa shape index (κ1) is 20.2. The van der Waals surface area contributed by atoms with Crippen molar-refractivity contribution in [2.75, 3.05) is 25.2 Å². The minimum absolute atomic E-state index is 0.0317. The zero-order valence-corrected chi connectivity index (χ0v) is 14.9. The van der Waals surface area contributed by atoms with Gasteiger partial charge in [-0.15, -0.1) is 0 Å². The molecule has 0 saturated heterocycles. The van der Waals surface area contributed by atoms with Crippen LogP contribution >= 0.6 is 0 Å². The lowest BCUT2D eigenvalue weighted by Gasteiger charge is -2.24. The van der Waals surface area contributed by atoms with Gasteiger partial charge in [-0.2, -0.15) is 0 Å². The predicted octanol–water partition coefficient (Wildman–Crippen LogP) is 2.91. The summed E-state index contributed by atoms with van der Waals surface area (Å²) in [5.74, 6) is -0.138. The molecule has 0 saturated carbocycles. The Morgan fingerprint density at radius 1 is 1.24 bits per heavy atom. The summed E-state index contributed by atoms with van der Waals surface area (Å²) in [6.07, 6.45) is -0.729. The maximum atomic E-state index is 12.2. The van der Waals surface area contributed by atoms with Crippen molar-refractivity contribution < 1.29 is 28.7 Å². The van der Waals surface area contributed by atoms with E-state index in [1.54, 1.807) is 20.8 Å². The van der Waals surface area contributed by atoms with Crippen molar-refractivity contribution in [2.24, 2.45) is 0 Å². The van der Waals surface area contributed by atoms with Crippen LogP contribution in [0.25, 0.3) is 0 Å². The Bertz CT molecular complexity index is 652. The van der Waals surface area contributed by atoms with Gasteiger partial charge >= 0.3 is 12.1 Å². The Balaban J connectivity index is 2.97. The average Bonchev–Trinajstić information content (AvgIpc) is 2.48. The molecular weight excluding hydrogens is 332 g/mol. The third-order valence-corrected chi connectivity index (χ3v) is 2.83. The molecule has 0 aliphatic rings. The van der Waals surface area contributed by atoms with E-state index in [0.29, 0.717) is 5.75 Å². The molecule has 0 spiro atoms. The number of nitrogens with zero attached hydrogens (tertiary/aromatic N) is 2. The van der Waals surface area contributed by atoms with Crippen LogP contribution in [0.2, 0.25) is 0 Å². The van der Waals surface area contributed by atoms with Crippen LogP contribution in [0.1, 0.15) is 27.7 Å². The van der Waals surface area contributed by atoms with Gasteiger partial charge in [0.2, 0.25) is 0 Å². The number of nitro benzene ring substituents is 1. The molecule has 0 bridgehead atoms. The largest absolute Gasteiger partial charge is 0.490 e. The van der Waals surface area contributed by atoms with E-state index in [1.165, 1.54) is 32.2 Å². The first-order chi connectivity index (χ1) is 11.5. The van der Waals surface area contributed by atoms with Crippen LogP contribution < -0.4 is 9.64 Å². The molecule has 0 N–H and O–H groups in total. The molecule has 0 heterocycles. The van der Waals surface area contributed by atoms with E-state index < -0.39 is 22.6 Å². The summed E-state index contributed by atoms with van der Waals surface area (Å²) in [6.45, 7) is 6.49. The molecule has 25 heavy (non-hydrogen) atoms. The number of amides is 1. The number of benzene rings is 1. The minimum Gasteiger partial charge on any atom is -0.490 e. The zero-order valence-electron chi connectivity index (χ0n) is 14.9. The normalized spacial score (nSPS) is 10.8. The van der Waals surface area contributed by atoms with E-state index >= 15 is 0 Å². The molecule has 0 atom stereocenters. The second-order valence-corrected chi connectivity index (χ2v) is 6.14. The van der Waals surface area contributed by atoms with Crippen molar-refractivity contribution in [3.63, 3.8) is 0 Å². The maximum absolute atomic E-state index is 12.2. The van der Waals surface area contributed by atoms with Crippen LogP contribution in [0.5, 0.6) is 5.75 Å². The topological polar surface area (TPSA) is 108 Å². The second-order valence-electron chi connectivity index (χ2n) is 6.14. The summed E-state index contributed by atoms with van der Waals surface area (Å²) in [6, 6.07) is 3.99. The smallest absolute Gasteiger partial charge is 0.414 e. The van der Waals surface area contributed by atoms with Crippen molar-refractivity contribution >= 4 is 23.4 Å². The van der Waals surface area contributed by atoms with Crippen molar-refractivity contribution in [1.29, 1.82) is 0 Å². The molecule has 138 valence electrons. The van der Waals surface area contributed by atoms with Crippen molar-refractivity contribution in [1.82, 2.24) is 0 Å². The molecule has 1 aromatic carbocycles. The van der Waals surface area contributed by atoms with Crippen LogP contribution in [0.15, 0.2) is 18.2 Å². The van der Waals surface area contributed by atoms with E-state index in [2.05, 4.69) is 0 Å². The van der Waals surface area contributed by atoms with Crippen molar-refractivity contribution in [2.45, 2.75) is 33.3 Å². The zero-order chi connectivity index (χ0) is 19.2. The first-order valence-electron chi connectivity index (χ1n) is 7.52. The van der Waals surface area contributed by atoms with Gasteiger partial charge in [0.05, 0.1) is 4.92 Å². The van der Waals surface area contributed by atoms with Gasteiger partial charge in [-0.3, -0.25) is 19.8 Å². The summed E-state index contributed by atoms with van der Waals surface area (Å²) in [5.41, 5.74) is -0.969. The number of anilines is 1. The number of carbonyl (C=O) groups excluding carboxylic acids is 2. The number of ether oxygens (including phenoxy) is 3. The van der Waals surface area contributed by atoms with E-state index in [-0.39, 0.29) is 24.6 Å². The molecular formula is C16H22N2O7. The Morgan fingerprint density at radius 3 is 2.40 bits per heavy atom. The van der Waals surface area contributed by atoms with E-state index in [4.69, 9.17) is 14.2 Å². The molecule has 0 fully saturated rings. The van der Waals surface area contributed by atoms with Gasteiger partial charge in [0.1, 0.15) is 30.3 Å². The van der Waals surface area contributed by atoms with Crippen LogP contribution in [-0.4, -0.2) is 42.8 Å².